The molecule has 0 amide bonds. The van der Waals surface area contributed by atoms with Crippen LogP contribution in [0.15, 0.2) is 29.2 Å². The summed E-state index contributed by atoms with van der Waals surface area (Å²) < 4.78 is 31.0. The number of carboxylic acids is 1. The van der Waals surface area contributed by atoms with Gasteiger partial charge in [0.1, 0.15) is 11.8 Å². The van der Waals surface area contributed by atoms with Gasteiger partial charge in [0.25, 0.3) is 0 Å². The van der Waals surface area contributed by atoms with Gasteiger partial charge in [0.2, 0.25) is 10.0 Å². The summed E-state index contributed by atoms with van der Waals surface area (Å²) in [6, 6.07) is 4.86. The number of sulfonamides is 1. The first kappa shape index (κ1) is 17.1. The van der Waals surface area contributed by atoms with E-state index in [0.29, 0.717) is 11.5 Å². The van der Waals surface area contributed by atoms with Gasteiger partial charge < -0.3 is 9.84 Å². The predicted octanol–water partition coefficient (Wildman–Crippen LogP) is 1.66. The van der Waals surface area contributed by atoms with Crippen LogP contribution in [0.25, 0.3) is 0 Å². The first-order chi connectivity index (χ1) is 10.2. The van der Waals surface area contributed by atoms with E-state index in [1.807, 2.05) is 0 Å². The highest BCUT2D eigenvalue weighted by atomic mass is 32.2. The Labute approximate surface area is 134 Å². The van der Waals surface area contributed by atoms with E-state index >= 15 is 0 Å². The lowest BCUT2D eigenvalue weighted by molar-refractivity contribution is -0.142. The van der Waals surface area contributed by atoms with Crippen LogP contribution in [0.5, 0.6) is 5.75 Å². The number of carboxylic acid groups (broad SMARTS) is 1. The highest BCUT2D eigenvalue weighted by Gasteiger charge is 2.48. The molecule has 0 aromatic heterocycles. The number of methoxy groups -OCH3 is 1. The quantitative estimate of drug-likeness (QED) is 0.893. The number of hydrogen-bond donors (Lipinski definition) is 1. The van der Waals surface area contributed by atoms with Crippen LogP contribution < -0.4 is 4.74 Å². The molecule has 0 radical (unpaired) electrons. The summed E-state index contributed by atoms with van der Waals surface area (Å²) in [5.74, 6) is -0.0239. The van der Waals surface area contributed by atoms with Crippen molar-refractivity contribution in [2.75, 3.05) is 19.4 Å². The van der Waals surface area contributed by atoms with E-state index in [-0.39, 0.29) is 11.4 Å². The zero-order chi connectivity index (χ0) is 16.5. The van der Waals surface area contributed by atoms with E-state index in [2.05, 4.69) is 0 Å². The van der Waals surface area contributed by atoms with Crippen molar-refractivity contribution in [2.24, 2.45) is 0 Å². The van der Waals surface area contributed by atoms with Crippen molar-refractivity contribution in [2.45, 2.75) is 29.5 Å². The number of nitrogens with zero attached hydrogens (tertiary/aromatic N) is 1. The average molecular weight is 345 g/mol. The van der Waals surface area contributed by atoms with E-state index in [0.717, 1.165) is 4.31 Å². The Morgan fingerprint density at radius 1 is 1.36 bits per heavy atom. The van der Waals surface area contributed by atoms with Gasteiger partial charge >= 0.3 is 5.97 Å². The number of thioether (sulfide) groups is 1. The SMILES string of the molecule is COc1ccc(S(=O)(=O)N2CCSC(C)(C)[C@@H]2C(=O)O)cc1. The number of carbonyl (C=O) groups is 1. The molecule has 22 heavy (non-hydrogen) atoms. The zero-order valence-electron chi connectivity index (χ0n) is 12.6. The van der Waals surface area contributed by atoms with E-state index < -0.39 is 26.8 Å². The molecule has 1 aliphatic rings. The fraction of sp³-hybridized carbons (Fsp3) is 0.500. The second-order valence-corrected chi connectivity index (χ2v) is 9.12. The van der Waals surface area contributed by atoms with Gasteiger partial charge in [-0.3, -0.25) is 4.79 Å². The third-order valence-corrected chi connectivity index (χ3v) is 6.86. The van der Waals surface area contributed by atoms with Gasteiger partial charge in [0, 0.05) is 17.0 Å². The molecular formula is C14H19NO5S2. The molecule has 6 nitrogen and oxygen atoms in total. The maximum absolute atomic E-state index is 12.8. The van der Waals surface area contributed by atoms with Crippen LogP contribution >= 0.6 is 11.8 Å². The Hall–Kier alpha value is -1.25. The second kappa shape index (κ2) is 6.10. The minimum absolute atomic E-state index is 0.0715. The van der Waals surface area contributed by atoms with Crippen molar-refractivity contribution >= 4 is 27.8 Å². The van der Waals surface area contributed by atoms with Gasteiger partial charge in [0.15, 0.2) is 0 Å². The van der Waals surface area contributed by atoms with E-state index in [4.69, 9.17) is 4.74 Å². The summed E-state index contributed by atoms with van der Waals surface area (Å²) in [6.07, 6.45) is 0. The largest absolute Gasteiger partial charge is 0.497 e. The molecule has 1 aliphatic heterocycles. The lowest BCUT2D eigenvalue weighted by atomic mass is 10.0. The molecule has 122 valence electrons. The van der Waals surface area contributed by atoms with E-state index in [1.54, 1.807) is 26.0 Å². The van der Waals surface area contributed by atoms with Crippen molar-refractivity contribution < 1.29 is 23.1 Å². The fourth-order valence-corrected chi connectivity index (χ4v) is 5.61. The highest BCUT2D eigenvalue weighted by molar-refractivity contribution is 8.00. The van der Waals surface area contributed by atoms with Gasteiger partial charge in [-0.1, -0.05) is 0 Å². The number of hydrogen-bond acceptors (Lipinski definition) is 5. The lowest BCUT2D eigenvalue weighted by Gasteiger charge is -2.42. The summed E-state index contributed by atoms with van der Waals surface area (Å²) in [7, 11) is -2.37. The predicted molar refractivity (Wildman–Crippen MR) is 84.8 cm³/mol. The van der Waals surface area contributed by atoms with Crippen LogP contribution in [0, 0.1) is 0 Å². The summed E-state index contributed by atoms with van der Waals surface area (Å²) in [5.41, 5.74) is 0. The van der Waals surface area contributed by atoms with Crippen LogP contribution in [-0.4, -0.2) is 54.0 Å². The number of benzene rings is 1. The summed E-state index contributed by atoms with van der Waals surface area (Å²) in [6.45, 7) is 3.69. The standard InChI is InChI=1S/C14H19NO5S2/c1-14(2)12(13(16)17)15(8-9-21-14)22(18,19)11-6-4-10(20-3)5-7-11/h4-7,12H,8-9H2,1-3H3,(H,16,17)/t12-/m0/s1. The third-order valence-electron chi connectivity index (χ3n) is 3.63. The van der Waals surface area contributed by atoms with Crippen molar-refractivity contribution in [1.29, 1.82) is 0 Å². The molecule has 2 rings (SSSR count). The van der Waals surface area contributed by atoms with Crippen LogP contribution in [-0.2, 0) is 14.8 Å². The Bertz CT molecular complexity index is 654. The normalized spacial score (nSPS) is 22.2. The molecule has 1 fully saturated rings. The third kappa shape index (κ3) is 3.09. The molecule has 1 heterocycles. The van der Waals surface area contributed by atoms with Crippen LogP contribution in [0.1, 0.15) is 13.8 Å². The molecule has 0 spiro atoms. The van der Waals surface area contributed by atoms with Gasteiger partial charge in [-0.05, 0) is 38.1 Å². The lowest BCUT2D eigenvalue weighted by Crippen LogP contribution is -2.58. The van der Waals surface area contributed by atoms with Gasteiger partial charge in [-0.25, -0.2) is 8.42 Å². The molecule has 1 aromatic rings. The van der Waals surface area contributed by atoms with Crippen LogP contribution in [0.4, 0.5) is 0 Å². The first-order valence-corrected chi connectivity index (χ1v) is 9.15. The maximum atomic E-state index is 12.8. The molecule has 1 saturated heterocycles. The molecule has 0 unspecified atom stereocenters. The smallest absolute Gasteiger partial charge is 0.323 e. The fourth-order valence-electron chi connectivity index (χ4n) is 2.52. The minimum Gasteiger partial charge on any atom is -0.497 e. The Morgan fingerprint density at radius 2 is 1.95 bits per heavy atom. The van der Waals surface area contributed by atoms with E-state index in [1.165, 1.54) is 31.0 Å². The van der Waals surface area contributed by atoms with Gasteiger partial charge in [-0.2, -0.15) is 16.1 Å². The van der Waals surface area contributed by atoms with Crippen molar-refractivity contribution in [1.82, 2.24) is 4.31 Å². The topological polar surface area (TPSA) is 83.9 Å². The van der Waals surface area contributed by atoms with Crippen molar-refractivity contribution in [3.05, 3.63) is 24.3 Å². The monoisotopic (exact) mass is 345 g/mol. The summed E-state index contributed by atoms with van der Waals surface area (Å²) in [5, 5.41) is 9.50. The van der Waals surface area contributed by atoms with Crippen LogP contribution in [0.2, 0.25) is 0 Å². The molecule has 1 atom stereocenters. The molecule has 0 bridgehead atoms. The molecular weight excluding hydrogens is 326 g/mol. The molecule has 1 aromatic carbocycles. The zero-order valence-corrected chi connectivity index (χ0v) is 14.3. The second-order valence-electron chi connectivity index (χ2n) is 5.48. The molecule has 0 saturated carbocycles. The maximum Gasteiger partial charge on any atom is 0.323 e. The Balaban J connectivity index is 2.43. The van der Waals surface area contributed by atoms with Crippen molar-refractivity contribution in [3.8, 4) is 5.75 Å². The first-order valence-electron chi connectivity index (χ1n) is 6.73. The summed E-state index contributed by atoms with van der Waals surface area (Å²) in [4.78, 5) is 11.7. The van der Waals surface area contributed by atoms with Gasteiger partial charge in [-0.15, -0.1) is 0 Å². The molecule has 0 aliphatic carbocycles. The minimum atomic E-state index is -3.87. The Morgan fingerprint density at radius 3 is 2.45 bits per heavy atom. The van der Waals surface area contributed by atoms with Crippen LogP contribution in [0.3, 0.4) is 0 Å². The number of rotatable bonds is 4. The number of aliphatic carboxylic acids is 1. The molecule has 1 N–H and O–H groups in total. The average Bonchev–Trinajstić information content (AvgIpc) is 2.45. The Kier molecular flexibility index (Phi) is 4.74. The summed E-state index contributed by atoms with van der Waals surface area (Å²) >= 11 is 1.47. The van der Waals surface area contributed by atoms with E-state index in [9.17, 15) is 18.3 Å². The number of ether oxygens (including phenoxy) is 1. The molecule has 8 heteroatoms. The highest BCUT2D eigenvalue weighted by Crippen LogP contribution is 2.38. The van der Waals surface area contributed by atoms with Gasteiger partial charge in [0.05, 0.1) is 12.0 Å². The van der Waals surface area contributed by atoms with Crippen molar-refractivity contribution in [3.63, 3.8) is 0 Å².